The van der Waals surface area contributed by atoms with Crippen molar-refractivity contribution in [1.29, 1.82) is 0 Å². The smallest absolute Gasteiger partial charge is 0.319 e. The molecule has 1 aromatic rings. The number of rotatable bonds is 4. The number of hydrogen-bond acceptors (Lipinski definition) is 5. The Labute approximate surface area is 97.6 Å². The van der Waals surface area contributed by atoms with Crippen LogP contribution in [-0.2, 0) is 9.53 Å². The molecule has 1 atom stereocenters. The van der Waals surface area contributed by atoms with Crippen LogP contribution in [0.15, 0.2) is 16.0 Å². The van der Waals surface area contributed by atoms with Crippen LogP contribution in [0.4, 0.5) is 0 Å². The van der Waals surface area contributed by atoms with E-state index in [9.17, 15) is 9.59 Å². The molecule has 0 aliphatic carbocycles. The number of carbonyl (C=O) groups is 1. The van der Waals surface area contributed by atoms with E-state index in [1.807, 2.05) is 0 Å². The van der Waals surface area contributed by atoms with Crippen molar-refractivity contribution in [1.82, 2.24) is 9.97 Å². The molecule has 1 rings (SSSR count). The third kappa shape index (κ3) is 3.69. The fraction of sp³-hybridized carbons (Fsp3) is 0.500. The van der Waals surface area contributed by atoms with Crippen molar-refractivity contribution in [2.45, 2.75) is 31.2 Å². The van der Waals surface area contributed by atoms with Crippen LogP contribution >= 0.6 is 11.8 Å². The van der Waals surface area contributed by atoms with Gasteiger partial charge < -0.3 is 9.72 Å². The Morgan fingerprint density at radius 1 is 1.69 bits per heavy atom. The first-order valence-electron chi connectivity index (χ1n) is 4.94. The van der Waals surface area contributed by atoms with Gasteiger partial charge in [-0.15, -0.1) is 0 Å². The van der Waals surface area contributed by atoms with Gasteiger partial charge in [-0.1, -0.05) is 11.8 Å². The first-order valence-corrected chi connectivity index (χ1v) is 5.82. The molecule has 1 aromatic heterocycles. The van der Waals surface area contributed by atoms with Crippen LogP contribution in [0.3, 0.4) is 0 Å². The number of carbonyl (C=O) groups excluding carboxylic acids is 1. The molecular formula is C10H14N2O3S. The number of esters is 1. The predicted octanol–water partition coefficient (Wildman–Crippen LogP) is 1.12. The molecule has 0 aliphatic rings. The molecule has 0 aliphatic heterocycles. The average Bonchev–Trinajstić information content (AvgIpc) is 2.16. The van der Waals surface area contributed by atoms with Gasteiger partial charge in [-0.2, -0.15) is 0 Å². The fourth-order valence-electron chi connectivity index (χ4n) is 1.08. The second kappa shape index (κ2) is 5.69. The molecule has 1 N–H and O–H groups in total. The van der Waals surface area contributed by atoms with E-state index in [1.54, 1.807) is 20.8 Å². The van der Waals surface area contributed by atoms with Crippen molar-refractivity contribution < 1.29 is 9.53 Å². The maximum atomic E-state index is 11.4. The van der Waals surface area contributed by atoms with E-state index in [2.05, 4.69) is 9.97 Å². The first kappa shape index (κ1) is 12.8. The van der Waals surface area contributed by atoms with Gasteiger partial charge in [0.05, 0.1) is 6.61 Å². The Hall–Kier alpha value is -1.30. The number of ether oxygens (including phenoxy) is 1. The van der Waals surface area contributed by atoms with Gasteiger partial charge in [0, 0.05) is 11.8 Å². The Bertz CT molecular complexity index is 430. The van der Waals surface area contributed by atoms with Gasteiger partial charge in [-0.25, -0.2) is 4.98 Å². The minimum absolute atomic E-state index is 0.217. The van der Waals surface area contributed by atoms with E-state index in [0.29, 0.717) is 17.5 Å². The zero-order valence-corrected chi connectivity index (χ0v) is 10.3. The molecule has 0 fully saturated rings. The molecular weight excluding hydrogens is 228 g/mol. The lowest BCUT2D eigenvalue weighted by Crippen LogP contribution is -2.18. The third-order valence-corrected chi connectivity index (χ3v) is 2.72. The number of aromatic amines is 1. The van der Waals surface area contributed by atoms with Crippen molar-refractivity contribution in [3.8, 4) is 0 Å². The first-order chi connectivity index (χ1) is 7.52. The van der Waals surface area contributed by atoms with Crippen molar-refractivity contribution in [2.24, 2.45) is 0 Å². The van der Waals surface area contributed by atoms with E-state index in [1.165, 1.54) is 17.8 Å². The summed E-state index contributed by atoms with van der Waals surface area (Å²) in [6.07, 6.45) is 0. The Balaban J connectivity index is 2.72. The summed E-state index contributed by atoms with van der Waals surface area (Å²) in [4.78, 5) is 29.2. The van der Waals surface area contributed by atoms with Crippen molar-refractivity contribution >= 4 is 17.7 Å². The third-order valence-electron chi connectivity index (χ3n) is 1.75. The van der Waals surface area contributed by atoms with Crippen LogP contribution in [0.2, 0.25) is 0 Å². The van der Waals surface area contributed by atoms with Crippen LogP contribution in [-0.4, -0.2) is 27.8 Å². The van der Waals surface area contributed by atoms with E-state index in [0.717, 1.165) is 0 Å². The number of nitrogens with zero attached hydrogens (tertiary/aromatic N) is 1. The molecule has 5 nitrogen and oxygen atoms in total. The van der Waals surface area contributed by atoms with Crippen LogP contribution in [0.1, 0.15) is 19.5 Å². The lowest BCUT2D eigenvalue weighted by Gasteiger charge is -2.09. The van der Waals surface area contributed by atoms with Gasteiger partial charge in [-0.3, -0.25) is 9.59 Å². The van der Waals surface area contributed by atoms with Crippen LogP contribution < -0.4 is 5.56 Å². The summed E-state index contributed by atoms with van der Waals surface area (Å²) in [6, 6.07) is 1.40. The number of aromatic nitrogens is 2. The highest BCUT2D eigenvalue weighted by atomic mass is 32.2. The largest absolute Gasteiger partial charge is 0.465 e. The van der Waals surface area contributed by atoms with Crippen LogP contribution in [0.25, 0.3) is 0 Å². The molecule has 0 bridgehead atoms. The van der Waals surface area contributed by atoms with E-state index >= 15 is 0 Å². The van der Waals surface area contributed by atoms with Gasteiger partial charge >= 0.3 is 5.97 Å². The topological polar surface area (TPSA) is 72.0 Å². The standard InChI is InChI=1S/C10H14N2O3S/c1-4-15-9(14)7(3)16-10-11-6(2)5-8(13)12-10/h5,7H,4H2,1-3H3,(H,11,12,13). The Morgan fingerprint density at radius 2 is 2.38 bits per heavy atom. The normalized spacial score (nSPS) is 12.2. The highest BCUT2D eigenvalue weighted by Crippen LogP contribution is 2.19. The lowest BCUT2D eigenvalue weighted by molar-refractivity contribution is -0.142. The van der Waals surface area contributed by atoms with E-state index in [-0.39, 0.29) is 16.8 Å². The number of nitrogens with one attached hydrogen (secondary N) is 1. The van der Waals surface area contributed by atoms with Crippen molar-refractivity contribution in [3.05, 3.63) is 22.1 Å². The van der Waals surface area contributed by atoms with Crippen LogP contribution in [0.5, 0.6) is 0 Å². The summed E-state index contributed by atoms with van der Waals surface area (Å²) in [6.45, 7) is 5.54. The van der Waals surface area contributed by atoms with Gasteiger partial charge in [0.2, 0.25) is 0 Å². The van der Waals surface area contributed by atoms with Gasteiger partial charge in [0.15, 0.2) is 5.16 Å². The van der Waals surface area contributed by atoms with Gasteiger partial charge in [0.25, 0.3) is 5.56 Å². The summed E-state index contributed by atoms with van der Waals surface area (Å²) in [5.74, 6) is -0.309. The van der Waals surface area contributed by atoms with Crippen molar-refractivity contribution in [2.75, 3.05) is 6.61 Å². The Morgan fingerprint density at radius 3 is 2.94 bits per heavy atom. The summed E-state index contributed by atoms with van der Waals surface area (Å²) >= 11 is 1.18. The molecule has 16 heavy (non-hydrogen) atoms. The van der Waals surface area contributed by atoms with Crippen molar-refractivity contribution in [3.63, 3.8) is 0 Å². The van der Waals surface area contributed by atoms with E-state index < -0.39 is 0 Å². The highest BCUT2D eigenvalue weighted by molar-refractivity contribution is 8.00. The van der Waals surface area contributed by atoms with E-state index in [4.69, 9.17) is 4.74 Å². The molecule has 0 radical (unpaired) electrons. The van der Waals surface area contributed by atoms with Gasteiger partial charge in [0.1, 0.15) is 5.25 Å². The second-order valence-electron chi connectivity index (χ2n) is 3.20. The number of thioether (sulfide) groups is 1. The minimum Gasteiger partial charge on any atom is -0.465 e. The molecule has 0 amide bonds. The van der Waals surface area contributed by atoms with Crippen LogP contribution in [0, 0.1) is 6.92 Å². The lowest BCUT2D eigenvalue weighted by atomic mass is 10.5. The molecule has 0 spiro atoms. The predicted molar refractivity (Wildman–Crippen MR) is 61.5 cm³/mol. The molecule has 6 heteroatoms. The average molecular weight is 242 g/mol. The molecule has 0 aromatic carbocycles. The quantitative estimate of drug-likeness (QED) is 0.486. The number of H-pyrrole nitrogens is 1. The zero-order chi connectivity index (χ0) is 12.1. The molecule has 0 saturated heterocycles. The SMILES string of the molecule is CCOC(=O)C(C)Sc1nc(C)cc(=O)[nH]1. The maximum absolute atomic E-state index is 11.4. The summed E-state index contributed by atoms with van der Waals surface area (Å²) in [5.41, 5.74) is 0.411. The molecule has 88 valence electrons. The maximum Gasteiger partial charge on any atom is 0.319 e. The highest BCUT2D eigenvalue weighted by Gasteiger charge is 2.16. The Kier molecular flexibility index (Phi) is 4.54. The molecule has 1 unspecified atom stereocenters. The summed E-state index contributed by atoms with van der Waals surface area (Å²) < 4.78 is 4.86. The molecule has 1 heterocycles. The number of aryl methyl sites for hydroxylation is 1. The second-order valence-corrected chi connectivity index (χ2v) is 4.53. The summed E-state index contributed by atoms with van der Waals surface area (Å²) in [5, 5.41) is 0.0513. The van der Waals surface area contributed by atoms with Gasteiger partial charge in [-0.05, 0) is 20.8 Å². The number of hydrogen-bond donors (Lipinski definition) is 1. The summed E-state index contributed by atoms with van der Waals surface area (Å²) in [7, 11) is 0. The zero-order valence-electron chi connectivity index (χ0n) is 9.44. The fourth-order valence-corrected chi connectivity index (χ4v) is 1.94. The monoisotopic (exact) mass is 242 g/mol. The minimum atomic E-state index is -0.384. The molecule has 0 saturated carbocycles.